The first-order chi connectivity index (χ1) is 8.38. The number of hydrogen-bond donors (Lipinski definition) is 1. The van der Waals surface area contributed by atoms with Crippen molar-refractivity contribution < 1.29 is 12.8 Å². The summed E-state index contributed by atoms with van der Waals surface area (Å²) in [6.45, 7) is 1.80. The van der Waals surface area contributed by atoms with Crippen LogP contribution in [0.5, 0.6) is 0 Å². The lowest BCUT2D eigenvalue weighted by atomic mass is 9.80. The van der Waals surface area contributed by atoms with E-state index in [1.165, 1.54) is 12.1 Å². The fourth-order valence-electron chi connectivity index (χ4n) is 2.03. The van der Waals surface area contributed by atoms with E-state index in [9.17, 15) is 12.8 Å². The van der Waals surface area contributed by atoms with E-state index < -0.39 is 26.9 Å². The minimum Gasteiger partial charge on any atom is -0.207 e. The molecule has 1 aromatic carbocycles. The molecule has 1 saturated carbocycles. The molecule has 0 radical (unpaired) electrons. The summed E-state index contributed by atoms with van der Waals surface area (Å²) in [4.78, 5) is -0.293. The zero-order valence-electron chi connectivity index (χ0n) is 9.90. The molecule has 0 unspecified atom stereocenters. The molecule has 1 fully saturated rings. The van der Waals surface area contributed by atoms with E-state index in [0.717, 1.165) is 25.3 Å². The fraction of sp³-hybridized carbons (Fsp3) is 0.417. The van der Waals surface area contributed by atoms with E-state index >= 15 is 0 Å². The molecule has 0 saturated heterocycles. The van der Waals surface area contributed by atoms with Gasteiger partial charge in [-0.2, -0.15) is 5.26 Å². The average Bonchev–Trinajstić information content (AvgIpc) is 2.26. The van der Waals surface area contributed by atoms with Gasteiger partial charge in [0.05, 0.1) is 0 Å². The largest absolute Gasteiger partial charge is 0.242 e. The predicted octanol–water partition coefficient (Wildman–Crippen LogP) is 1.92. The lowest BCUT2D eigenvalue weighted by Crippen LogP contribution is -2.50. The fourth-order valence-corrected chi connectivity index (χ4v) is 3.66. The number of benzene rings is 1. The standard InChI is InChI=1S/C12H13FN2O2S/c1-12(6-3-7-12)15-18(16,17)11-5-2-4-10(13)9(11)8-14/h2,4-5,15H,3,6-7H2,1H3. The Labute approximate surface area is 105 Å². The van der Waals surface area contributed by atoms with Crippen molar-refractivity contribution in [2.24, 2.45) is 0 Å². The average molecular weight is 268 g/mol. The molecular formula is C12H13FN2O2S. The van der Waals surface area contributed by atoms with Crippen molar-refractivity contribution >= 4 is 10.0 Å². The normalized spacial score (nSPS) is 17.8. The Morgan fingerprint density at radius 1 is 1.44 bits per heavy atom. The molecule has 18 heavy (non-hydrogen) atoms. The summed E-state index contributed by atoms with van der Waals surface area (Å²) < 4.78 is 40.2. The zero-order chi connectivity index (χ0) is 13.4. The molecular weight excluding hydrogens is 255 g/mol. The number of hydrogen-bond acceptors (Lipinski definition) is 3. The van der Waals surface area contributed by atoms with Crippen LogP contribution < -0.4 is 4.72 Å². The summed E-state index contributed by atoms with van der Waals surface area (Å²) in [6, 6.07) is 5.20. The van der Waals surface area contributed by atoms with Gasteiger partial charge in [0, 0.05) is 5.54 Å². The van der Waals surface area contributed by atoms with Crippen LogP contribution in [0.4, 0.5) is 4.39 Å². The molecule has 1 aliphatic rings. The van der Waals surface area contributed by atoms with Crippen molar-refractivity contribution in [3.05, 3.63) is 29.6 Å². The third-order valence-corrected chi connectivity index (χ3v) is 4.90. The highest BCUT2D eigenvalue weighted by molar-refractivity contribution is 7.89. The molecule has 0 spiro atoms. The molecule has 0 aromatic heterocycles. The van der Waals surface area contributed by atoms with Crippen LogP contribution >= 0.6 is 0 Å². The smallest absolute Gasteiger partial charge is 0.207 e. The van der Waals surface area contributed by atoms with Crippen LogP contribution in [0.3, 0.4) is 0 Å². The molecule has 0 amide bonds. The van der Waals surface area contributed by atoms with Gasteiger partial charge in [0.15, 0.2) is 0 Å². The van der Waals surface area contributed by atoms with Gasteiger partial charge in [-0.25, -0.2) is 17.5 Å². The summed E-state index contributed by atoms with van der Waals surface area (Å²) in [5.41, 5.74) is -0.911. The Morgan fingerprint density at radius 2 is 2.11 bits per heavy atom. The van der Waals surface area contributed by atoms with E-state index in [2.05, 4.69) is 4.72 Å². The Balaban J connectivity index is 2.42. The van der Waals surface area contributed by atoms with Crippen LogP contribution in [0.1, 0.15) is 31.7 Å². The van der Waals surface area contributed by atoms with Crippen LogP contribution in [0, 0.1) is 17.1 Å². The van der Waals surface area contributed by atoms with Crippen molar-refractivity contribution in [3.63, 3.8) is 0 Å². The van der Waals surface area contributed by atoms with E-state index in [1.54, 1.807) is 13.0 Å². The second kappa shape index (κ2) is 4.34. The van der Waals surface area contributed by atoms with E-state index in [1.807, 2.05) is 0 Å². The van der Waals surface area contributed by atoms with Crippen LogP contribution in [-0.4, -0.2) is 14.0 Å². The van der Waals surface area contributed by atoms with E-state index in [-0.39, 0.29) is 4.90 Å². The molecule has 6 heteroatoms. The van der Waals surface area contributed by atoms with Gasteiger partial charge in [0.2, 0.25) is 10.0 Å². The summed E-state index contributed by atoms with van der Waals surface area (Å²) >= 11 is 0. The quantitative estimate of drug-likeness (QED) is 0.910. The van der Waals surface area contributed by atoms with Crippen LogP contribution in [0.25, 0.3) is 0 Å². The maximum atomic E-state index is 13.4. The van der Waals surface area contributed by atoms with E-state index in [0.29, 0.717) is 0 Å². The molecule has 2 rings (SSSR count). The second-order valence-electron chi connectivity index (χ2n) is 4.74. The molecule has 0 atom stereocenters. The molecule has 1 aliphatic carbocycles. The SMILES string of the molecule is CC1(NS(=O)(=O)c2cccc(F)c2C#N)CCC1. The Morgan fingerprint density at radius 3 is 2.61 bits per heavy atom. The number of nitriles is 1. The highest BCUT2D eigenvalue weighted by atomic mass is 32.2. The van der Waals surface area contributed by atoms with Crippen LogP contribution in [-0.2, 0) is 10.0 Å². The molecule has 0 heterocycles. The minimum atomic E-state index is -3.86. The highest BCUT2D eigenvalue weighted by Gasteiger charge is 2.37. The van der Waals surface area contributed by atoms with Gasteiger partial charge in [0.1, 0.15) is 22.3 Å². The Bertz CT molecular complexity index is 615. The summed E-state index contributed by atoms with van der Waals surface area (Å²) in [6.07, 6.45) is 2.47. The third kappa shape index (κ3) is 2.24. The van der Waals surface area contributed by atoms with Gasteiger partial charge in [-0.1, -0.05) is 6.07 Å². The third-order valence-electron chi connectivity index (χ3n) is 3.21. The first-order valence-electron chi connectivity index (χ1n) is 5.61. The van der Waals surface area contributed by atoms with Gasteiger partial charge < -0.3 is 0 Å². The Hall–Kier alpha value is -1.45. The predicted molar refractivity (Wildman–Crippen MR) is 63.7 cm³/mol. The van der Waals surface area contributed by atoms with Crippen molar-refractivity contribution in [3.8, 4) is 6.07 Å². The molecule has 1 N–H and O–H groups in total. The number of rotatable bonds is 3. The van der Waals surface area contributed by atoms with Crippen LogP contribution in [0.2, 0.25) is 0 Å². The van der Waals surface area contributed by atoms with Gasteiger partial charge in [-0.3, -0.25) is 0 Å². The molecule has 1 aromatic rings. The first-order valence-corrected chi connectivity index (χ1v) is 7.09. The summed E-state index contributed by atoms with van der Waals surface area (Å²) in [7, 11) is -3.86. The lowest BCUT2D eigenvalue weighted by molar-refractivity contribution is 0.248. The molecule has 0 aliphatic heterocycles. The van der Waals surface area contributed by atoms with Crippen molar-refractivity contribution in [1.29, 1.82) is 5.26 Å². The topological polar surface area (TPSA) is 70.0 Å². The van der Waals surface area contributed by atoms with Crippen molar-refractivity contribution in [2.45, 2.75) is 36.6 Å². The van der Waals surface area contributed by atoms with Gasteiger partial charge in [-0.05, 0) is 38.3 Å². The van der Waals surface area contributed by atoms with Crippen molar-refractivity contribution in [2.75, 3.05) is 0 Å². The van der Waals surface area contributed by atoms with E-state index in [4.69, 9.17) is 5.26 Å². The molecule has 96 valence electrons. The number of halogens is 1. The van der Waals surface area contributed by atoms with Gasteiger partial charge in [0.25, 0.3) is 0 Å². The zero-order valence-corrected chi connectivity index (χ0v) is 10.7. The maximum absolute atomic E-state index is 13.4. The lowest BCUT2D eigenvalue weighted by Gasteiger charge is -2.38. The number of nitrogens with zero attached hydrogens (tertiary/aromatic N) is 1. The summed E-state index contributed by atoms with van der Waals surface area (Å²) in [5.74, 6) is -0.820. The van der Waals surface area contributed by atoms with Crippen molar-refractivity contribution in [1.82, 2.24) is 4.72 Å². The maximum Gasteiger partial charge on any atom is 0.242 e. The number of sulfonamides is 1. The highest BCUT2D eigenvalue weighted by Crippen LogP contribution is 2.33. The summed E-state index contributed by atoms with van der Waals surface area (Å²) in [5, 5.41) is 8.85. The first kappa shape index (κ1) is 13.0. The minimum absolute atomic E-state index is 0.293. The monoisotopic (exact) mass is 268 g/mol. The Kier molecular flexibility index (Phi) is 3.13. The van der Waals surface area contributed by atoms with Gasteiger partial charge >= 0.3 is 0 Å². The van der Waals surface area contributed by atoms with Gasteiger partial charge in [-0.15, -0.1) is 0 Å². The molecule has 0 bridgehead atoms. The molecule has 4 nitrogen and oxygen atoms in total. The number of nitrogens with one attached hydrogen (secondary N) is 1. The van der Waals surface area contributed by atoms with Crippen LogP contribution in [0.15, 0.2) is 23.1 Å². The second-order valence-corrected chi connectivity index (χ2v) is 6.40.